The van der Waals surface area contributed by atoms with E-state index in [2.05, 4.69) is 10.2 Å². The van der Waals surface area contributed by atoms with Crippen molar-refractivity contribution in [2.75, 3.05) is 18.0 Å². The number of β-amino-alcohol motifs (C(OH)–C–C–N with tert-alkyl or cyclic N) is 1. The Hall–Kier alpha value is -2.15. The van der Waals surface area contributed by atoms with Crippen LogP contribution in [0.3, 0.4) is 0 Å². The predicted octanol–water partition coefficient (Wildman–Crippen LogP) is 2.73. The summed E-state index contributed by atoms with van der Waals surface area (Å²) in [5, 5.41) is 17.6. The third-order valence-corrected chi connectivity index (χ3v) is 3.62. The molecule has 1 aliphatic rings. The normalized spacial score (nSPS) is 18.7. The number of aromatic nitrogens is 2. The summed E-state index contributed by atoms with van der Waals surface area (Å²) in [4.78, 5) is 1.90. The average Bonchev–Trinajstić information content (AvgIpc) is 2.93. The summed E-state index contributed by atoms with van der Waals surface area (Å²) >= 11 is 0. The van der Waals surface area contributed by atoms with Crippen LogP contribution in [0.2, 0.25) is 0 Å². The zero-order chi connectivity index (χ0) is 15.7. The topological polar surface area (TPSA) is 49.2 Å². The first kappa shape index (κ1) is 14.8. The van der Waals surface area contributed by atoms with Crippen LogP contribution in [0.5, 0.6) is 0 Å². The number of aliphatic hydroxyl groups excluding tert-OH is 1. The fourth-order valence-corrected chi connectivity index (χ4v) is 2.45. The molecular weight excluding hydrogens is 295 g/mol. The van der Waals surface area contributed by atoms with Gasteiger partial charge in [0.05, 0.1) is 17.4 Å². The van der Waals surface area contributed by atoms with E-state index in [9.17, 15) is 18.3 Å². The van der Waals surface area contributed by atoms with Gasteiger partial charge in [0.1, 0.15) is 0 Å². The van der Waals surface area contributed by atoms with E-state index in [4.69, 9.17) is 0 Å². The molecule has 1 saturated heterocycles. The van der Waals surface area contributed by atoms with Crippen LogP contribution < -0.4 is 4.90 Å². The lowest BCUT2D eigenvalue weighted by atomic mass is 10.1. The van der Waals surface area contributed by atoms with Crippen molar-refractivity contribution < 1.29 is 18.3 Å². The SMILES string of the molecule is OC1CCN(c2ccc(-c3cccc(C(F)(F)F)c3)nn2)C1. The maximum absolute atomic E-state index is 12.7. The highest BCUT2D eigenvalue weighted by atomic mass is 19.4. The van der Waals surface area contributed by atoms with E-state index in [1.807, 2.05) is 4.90 Å². The number of nitrogens with zero attached hydrogens (tertiary/aromatic N) is 3. The Kier molecular flexibility index (Phi) is 3.74. The monoisotopic (exact) mass is 309 g/mol. The first-order chi connectivity index (χ1) is 10.4. The first-order valence-corrected chi connectivity index (χ1v) is 6.88. The number of benzene rings is 1. The quantitative estimate of drug-likeness (QED) is 0.927. The first-order valence-electron chi connectivity index (χ1n) is 6.88. The Morgan fingerprint density at radius 1 is 1.14 bits per heavy atom. The second-order valence-electron chi connectivity index (χ2n) is 5.24. The van der Waals surface area contributed by atoms with Crippen molar-refractivity contribution >= 4 is 5.82 Å². The molecule has 1 N–H and O–H groups in total. The van der Waals surface area contributed by atoms with Gasteiger partial charge in [0, 0.05) is 18.7 Å². The van der Waals surface area contributed by atoms with E-state index in [0.717, 1.165) is 12.1 Å². The lowest BCUT2D eigenvalue weighted by molar-refractivity contribution is -0.137. The number of hydrogen-bond acceptors (Lipinski definition) is 4. The molecule has 0 spiro atoms. The molecule has 0 bridgehead atoms. The Balaban J connectivity index is 1.84. The summed E-state index contributed by atoms with van der Waals surface area (Å²) in [6.07, 6.45) is -4.07. The van der Waals surface area contributed by atoms with Crippen LogP contribution in [-0.2, 0) is 6.18 Å². The maximum atomic E-state index is 12.7. The van der Waals surface area contributed by atoms with Crippen molar-refractivity contribution in [2.45, 2.75) is 18.7 Å². The third-order valence-electron chi connectivity index (χ3n) is 3.62. The minimum Gasteiger partial charge on any atom is -0.391 e. The highest BCUT2D eigenvalue weighted by molar-refractivity contribution is 5.61. The van der Waals surface area contributed by atoms with Crippen LogP contribution in [0.15, 0.2) is 36.4 Å². The van der Waals surface area contributed by atoms with Crippen molar-refractivity contribution in [3.63, 3.8) is 0 Å². The van der Waals surface area contributed by atoms with Crippen LogP contribution in [-0.4, -0.2) is 34.5 Å². The predicted molar refractivity (Wildman–Crippen MR) is 75.3 cm³/mol. The zero-order valence-corrected chi connectivity index (χ0v) is 11.6. The maximum Gasteiger partial charge on any atom is 0.416 e. The van der Waals surface area contributed by atoms with Crippen molar-refractivity contribution in [1.29, 1.82) is 0 Å². The summed E-state index contributed by atoms with van der Waals surface area (Å²) in [6.45, 7) is 1.19. The van der Waals surface area contributed by atoms with E-state index < -0.39 is 11.7 Å². The largest absolute Gasteiger partial charge is 0.416 e. The number of hydrogen-bond donors (Lipinski definition) is 1. The van der Waals surface area contributed by atoms with E-state index in [-0.39, 0.29) is 6.10 Å². The van der Waals surface area contributed by atoms with Gasteiger partial charge in [-0.05, 0) is 30.7 Å². The number of halogens is 3. The number of alkyl halides is 3. The van der Waals surface area contributed by atoms with Gasteiger partial charge in [-0.25, -0.2) is 0 Å². The molecule has 2 aromatic rings. The fourth-order valence-electron chi connectivity index (χ4n) is 2.45. The standard InChI is InChI=1S/C15H14F3N3O/c16-15(17,18)11-3-1-2-10(8-11)13-4-5-14(20-19-13)21-7-6-12(22)9-21/h1-5,8,12,22H,6-7,9H2. The number of aliphatic hydroxyl groups is 1. The van der Waals surface area contributed by atoms with Crippen LogP contribution in [0.1, 0.15) is 12.0 Å². The Morgan fingerprint density at radius 3 is 2.55 bits per heavy atom. The minimum atomic E-state index is -4.38. The van der Waals surface area contributed by atoms with Crippen molar-refractivity contribution in [3.8, 4) is 11.3 Å². The second kappa shape index (κ2) is 5.57. The molecule has 1 aliphatic heterocycles. The molecule has 1 fully saturated rings. The van der Waals surface area contributed by atoms with E-state index in [1.54, 1.807) is 18.2 Å². The Labute approximate surface area is 125 Å². The summed E-state index contributed by atoms with van der Waals surface area (Å²) in [5.41, 5.74) is 0.0449. The molecule has 0 aliphatic carbocycles. The zero-order valence-electron chi connectivity index (χ0n) is 11.6. The van der Waals surface area contributed by atoms with Crippen LogP contribution in [0.25, 0.3) is 11.3 Å². The molecule has 1 unspecified atom stereocenters. The molecule has 22 heavy (non-hydrogen) atoms. The highest BCUT2D eigenvalue weighted by Crippen LogP contribution is 2.31. The van der Waals surface area contributed by atoms with Crippen LogP contribution in [0, 0.1) is 0 Å². The molecule has 2 heterocycles. The van der Waals surface area contributed by atoms with Gasteiger partial charge in [-0.15, -0.1) is 10.2 Å². The molecule has 0 saturated carbocycles. The molecule has 0 radical (unpaired) electrons. The molecule has 1 atom stereocenters. The summed E-state index contributed by atoms with van der Waals surface area (Å²) in [5.74, 6) is 0.618. The summed E-state index contributed by atoms with van der Waals surface area (Å²) in [7, 11) is 0. The molecule has 1 aromatic carbocycles. The van der Waals surface area contributed by atoms with E-state index in [1.165, 1.54) is 6.07 Å². The second-order valence-corrected chi connectivity index (χ2v) is 5.24. The van der Waals surface area contributed by atoms with E-state index in [0.29, 0.717) is 36.6 Å². The molecule has 116 valence electrons. The van der Waals surface area contributed by atoms with Crippen LogP contribution >= 0.6 is 0 Å². The highest BCUT2D eigenvalue weighted by Gasteiger charge is 2.30. The fraction of sp³-hybridized carbons (Fsp3) is 0.333. The molecule has 3 rings (SSSR count). The molecular formula is C15H14F3N3O. The Morgan fingerprint density at radius 2 is 1.95 bits per heavy atom. The molecule has 4 nitrogen and oxygen atoms in total. The number of rotatable bonds is 2. The lowest BCUT2D eigenvalue weighted by Crippen LogP contribution is -2.22. The smallest absolute Gasteiger partial charge is 0.391 e. The summed E-state index contributed by atoms with van der Waals surface area (Å²) in [6, 6.07) is 8.35. The van der Waals surface area contributed by atoms with Crippen molar-refractivity contribution in [3.05, 3.63) is 42.0 Å². The van der Waals surface area contributed by atoms with Gasteiger partial charge in [-0.3, -0.25) is 0 Å². The van der Waals surface area contributed by atoms with Gasteiger partial charge < -0.3 is 10.0 Å². The van der Waals surface area contributed by atoms with Crippen molar-refractivity contribution in [1.82, 2.24) is 10.2 Å². The van der Waals surface area contributed by atoms with Gasteiger partial charge in [0.15, 0.2) is 5.82 Å². The average molecular weight is 309 g/mol. The molecule has 1 aromatic heterocycles. The summed E-state index contributed by atoms with van der Waals surface area (Å²) < 4.78 is 38.2. The van der Waals surface area contributed by atoms with Gasteiger partial charge in [0.25, 0.3) is 0 Å². The molecule has 7 heteroatoms. The minimum absolute atomic E-state index is 0.370. The van der Waals surface area contributed by atoms with Gasteiger partial charge in [0.2, 0.25) is 0 Å². The Bertz CT molecular complexity index is 658. The van der Waals surface area contributed by atoms with Gasteiger partial charge >= 0.3 is 6.18 Å². The van der Waals surface area contributed by atoms with Gasteiger partial charge in [-0.2, -0.15) is 13.2 Å². The molecule has 0 amide bonds. The third kappa shape index (κ3) is 3.04. The van der Waals surface area contributed by atoms with Gasteiger partial charge in [-0.1, -0.05) is 12.1 Å². The van der Waals surface area contributed by atoms with Crippen molar-refractivity contribution in [2.24, 2.45) is 0 Å². The number of anilines is 1. The van der Waals surface area contributed by atoms with Crippen LogP contribution in [0.4, 0.5) is 19.0 Å². The lowest BCUT2D eigenvalue weighted by Gasteiger charge is -2.15. The van der Waals surface area contributed by atoms with E-state index >= 15 is 0 Å².